The van der Waals surface area contributed by atoms with Gasteiger partial charge in [0.15, 0.2) is 0 Å². The van der Waals surface area contributed by atoms with Crippen LogP contribution in [-0.2, 0) is 13.0 Å². The Kier molecular flexibility index (Phi) is 3.29. The molecule has 18 heavy (non-hydrogen) atoms. The number of hydrogen-bond donors (Lipinski definition) is 1. The quantitative estimate of drug-likeness (QED) is 0.769. The van der Waals surface area contributed by atoms with E-state index in [1.165, 1.54) is 49.8 Å². The summed E-state index contributed by atoms with van der Waals surface area (Å²) in [6.07, 6.45) is 6.81. The number of fused-ring (bicyclic) bond motifs is 1. The van der Waals surface area contributed by atoms with Gasteiger partial charge in [0.25, 0.3) is 0 Å². The van der Waals surface area contributed by atoms with E-state index in [-0.39, 0.29) is 0 Å². The summed E-state index contributed by atoms with van der Waals surface area (Å²) >= 11 is 0. The van der Waals surface area contributed by atoms with Gasteiger partial charge in [-0.1, -0.05) is 25.8 Å². The maximum Gasteiger partial charge on any atom is 0.0317 e. The van der Waals surface area contributed by atoms with Crippen LogP contribution in [0.2, 0.25) is 0 Å². The van der Waals surface area contributed by atoms with Gasteiger partial charge in [0.05, 0.1) is 0 Å². The average Bonchev–Trinajstić information content (AvgIpc) is 2.38. The molecule has 1 aliphatic heterocycles. The Morgan fingerprint density at radius 1 is 1.22 bits per heavy atom. The molecule has 2 N–H and O–H groups in total. The fourth-order valence-corrected chi connectivity index (χ4v) is 3.64. The number of nitrogens with zero attached hydrogens (tertiary/aromatic N) is 1. The summed E-state index contributed by atoms with van der Waals surface area (Å²) in [6.45, 7) is 4.74. The molecule has 3 rings (SSSR count). The highest BCUT2D eigenvalue weighted by molar-refractivity contribution is 5.45. The number of nitrogen functional groups attached to an aromatic ring is 1. The number of rotatable bonds is 1. The summed E-state index contributed by atoms with van der Waals surface area (Å²) in [5.74, 6) is 0.908. The van der Waals surface area contributed by atoms with E-state index in [1.807, 2.05) is 6.07 Å². The van der Waals surface area contributed by atoms with E-state index in [0.717, 1.165) is 24.2 Å². The molecule has 0 amide bonds. The number of hydrogen-bond acceptors (Lipinski definition) is 2. The summed E-state index contributed by atoms with van der Waals surface area (Å²) in [5, 5.41) is 0. The fraction of sp³-hybridized carbons (Fsp3) is 0.625. The predicted molar refractivity (Wildman–Crippen MR) is 76.4 cm³/mol. The molecule has 2 aliphatic rings. The number of benzene rings is 1. The van der Waals surface area contributed by atoms with E-state index in [0.29, 0.717) is 0 Å². The molecule has 1 heterocycles. The van der Waals surface area contributed by atoms with Crippen LogP contribution in [0.3, 0.4) is 0 Å². The lowest BCUT2D eigenvalue weighted by Gasteiger charge is -2.39. The minimum atomic E-state index is 0.809. The first-order chi connectivity index (χ1) is 8.72. The molecular weight excluding hydrogens is 220 g/mol. The zero-order valence-electron chi connectivity index (χ0n) is 11.4. The third-order valence-corrected chi connectivity index (χ3v) is 4.70. The van der Waals surface area contributed by atoms with E-state index in [2.05, 4.69) is 24.0 Å². The van der Waals surface area contributed by atoms with E-state index in [1.54, 1.807) is 0 Å². The fourth-order valence-electron chi connectivity index (χ4n) is 3.64. The summed E-state index contributed by atoms with van der Waals surface area (Å²) in [5.41, 5.74) is 9.78. The van der Waals surface area contributed by atoms with Gasteiger partial charge in [0.2, 0.25) is 0 Å². The Bertz CT molecular complexity index is 427. The van der Waals surface area contributed by atoms with E-state index in [9.17, 15) is 0 Å². The van der Waals surface area contributed by atoms with Crippen molar-refractivity contribution >= 4 is 5.69 Å². The minimum absolute atomic E-state index is 0.809. The van der Waals surface area contributed by atoms with Crippen LogP contribution in [0.5, 0.6) is 0 Å². The highest BCUT2D eigenvalue weighted by Gasteiger charge is 2.27. The van der Waals surface area contributed by atoms with Gasteiger partial charge in [0, 0.05) is 24.8 Å². The standard InChI is InChI=1S/C16H24N2/c1-12-3-2-4-16(9-12)18-8-7-13-5-6-15(17)10-14(13)11-18/h5-6,10,12,16H,2-4,7-9,11,17H2,1H3. The van der Waals surface area contributed by atoms with Crippen molar-refractivity contribution in [1.82, 2.24) is 4.90 Å². The van der Waals surface area contributed by atoms with Crippen molar-refractivity contribution in [2.75, 3.05) is 12.3 Å². The van der Waals surface area contributed by atoms with Gasteiger partial charge in [-0.05, 0) is 48.4 Å². The van der Waals surface area contributed by atoms with Gasteiger partial charge >= 0.3 is 0 Å². The van der Waals surface area contributed by atoms with Crippen LogP contribution in [0.4, 0.5) is 5.69 Å². The first-order valence-corrected chi connectivity index (χ1v) is 7.33. The van der Waals surface area contributed by atoms with Gasteiger partial charge < -0.3 is 5.73 Å². The molecule has 1 aromatic carbocycles. The highest BCUT2D eigenvalue weighted by atomic mass is 15.2. The van der Waals surface area contributed by atoms with Crippen LogP contribution >= 0.6 is 0 Å². The van der Waals surface area contributed by atoms with Gasteiger partial charge in [-0.25, -0.2) is 0 Å². The number of nitrogens with two attached hydrogens (primary N) is 1. The Balaban J connectivity index is 1.73. The molecule has 0 aromatic heterocycles. The van der Waals surface area contributed by atoms with Crippen LogP contribution in [0.15, 0.2) is 18.2 Å². The van der Waals surface area contributed by atoms with Crippen molar-refractivity contribution in [3.8, 4) is 0 Å². The van der Waals surface area contributed by atoms with E-state index < -0.39 is 0 Å². The smallest absolute Gasteiger partial charge is 0.0317 e. The third kappa shape index (κ3) is 2.39. The summed E-state index contributed by atoms with van der Waals surface area (Å²) < 4.78 is 0. The Labute approximate surface area is 110 Å². The molecule has 1 aromatic rings. The molecule has 1 fully saturated rings. The zero-order chi connectivity index (χ0) is 12.5. The summed E-state index contributed by atoms with van der Waals surface area (Å²) in [7, 11) is 0. The molecule has 2 nitrogen and oxygen atoms in total. The third-order valence-electron chi connectivity index (χ3n) is 4.70. The molecule has 2 heteroatoms. The molecule has 0 saturated heterocycles. The SMILES string of the molecule is CC1CCCC(N2CCc3ccc(N)cc3C2)C1. The molecule has 98 valence electrons. The van der Waals surface area contributed by atoms with Crippen molar-refractivity contribution in [2.45, 2.75) is 51.6 Å². The first-order valence-electron chi connectivity index (χ1n) is 7.33. The Morgan fingerprint density at radius 2 is 2.11 bits per heavy atom. The van der Waals surface area contributed by atoms with Crippen molar-refractivity contribution < 1.29 is 0 Å². The van der Waals surface area contributed by atoms with Crippen molar-refractivity contribution in [3.05, 3.63) is 29.3 Å². The van der Waals surface area contributed by atoms with Crippen molar-refractivity contribution in [2.24, 2.45) is 5.92 Å². The van der Waals surface area contributed by atoms with Gasteiger partial charge in [0.1, 0.15) is 0 Å². The van der Waals surface area contributed by atoms with Crippen LogP contribution in [0, 0.1) is 5.92 Å². The van der Waals surface area contributed by atoms with E-state index in [4.69, 9.17) is 5.73 Å². The van der Waals surface area contributed by atoms with Crippen molar-refractivity contribution in [1.29, 1.82) is 0 Å². The van der Waals surface area contributed by atoms with Crippen LogP contribution in [-0.4, -0.2) is 17.5 Å². The van der Waals surface area contributed by atoms with Crippen LogP contribution in [0.1, 0.15) is 43.7 Å². The summed E-state index contributed by atoms with van der Waals surface area (Å²) in [4.78, 5) is 2.69. The lowest BCUT2D eigenvalue weighted by Crippen LogP contribution is -2.41. The predicted octanol–water partition coefficient (Wildman–Crippen LogP) is 3.21. The van der Waals surface area contributed by atoms with Crippen LogP contribution < -0.4 is 5.73 Å². The largest absolute Gasteiger partial charge is 0.399 e. The monoisotopic (exact) mass is 244 g/mol. The molecule has 0 spiro atoms. The lowest BCUT2D eigenvalue weighted by molar-refractivity contribution is 0.121. The van der Waals surface area contributed by atoms with Gasteiger partial charge in [-0.2, -0.15) is 0 Å². The molecule has 1 aliphatic carbocycles. The minimum Gasteiger partial charge on any atom is -0.399 e. The summed E-state index contributed by atoms with van der Waals surface area (Å²) in [6, 6.07) is 7.24. The molecule has 0 radical (unpaired) electrons. The van der Waals surface area contributed by atoms with Gasteiger partial charge in [-0.3, -0.25) is 4.90 Å². The van der Waals surface area contributed by atoms with E-state index >= 15 is 0 Å². The average molecular weight is 244 g/mol. The topological polar surface area (TPSA) is 29.3 Å². The second kappa shape index (κ2) is 4.93. The Morgan fingerprint density at radius 3 is 2.94 bits per heavy atom. The highest BCUT2D eigenvalue weighted by Crippen LogP contribution is 2.31. The maximum atomic E-state index is 5.91. The molecular formula is C16H24N2. The normalized spacial score (nSPS) is 28.9. The lowest BCUT2D eigenvalue weighted by atomic mass is 9.85. The zero-order valence-corrected chi connectivity index (χ0v) is 11.4. The molecule has 2 unspecified atom stereocenters. The second-order valence-electron chi connectivity index (χ2n) is 6.17. The number of anilines is 1. The van der Waals surface area contributed by atoms with Crippen molar-refractivity contribution in [3.63, 3.8) is 0 Å². The first kappa shape index (κ1) is 12.0. The van der Waals surface area contributed by atoms with Gasteiger partial charge in [-0.15, -0.1) is 0 Å². The maximum absolute atomic E-state index is 5.91. The second-order valence-corrected chi connectivity index (χ2v) is 6.17. The van der Waals surface area contributed by atoms with Crippen LogP contribution in [0.25, 0.3) is 0 Å². The molecule has 0 bridgehead atoms. The molecule has 1 saturated carbocycles. The molecule has 2 atom stereocenters. The Hall–Kier alpha value is -1.02.